The summed E-state index contributed by atoms with van der Waals surface area (Å²) in [5.41, 5.74) is 1.16. The average molecular weight is 527 g/mol. The molecule has 2 amide bonds. The van der Waals surface area contributed by atoms with Crippen LogP contribution in [-0.4, -0.2) is 60.6 Å². The van der Waals surface area contributed by atoms with Crippen molar-refractivity contribution in [3.63, 3.8) is 0 Å². The standard InChI is InChI=1S/C28H28F2N2O4S/c29-20-6-3-5-19(15-20)28(34)31(16-21-7-4-13-35-21)17-27(33)32-12-10-26-22(11-14-37-26)24(32)18-36-25-9-2-1-8-23(25)30/h1-3,5-6,8-9,11,14-15,21,24H,4,7,10,12-13,16-18H2/t21-,24+/m0/s1. The van der Waals surface area contributed by atoms with E-state index in [-0.39, 0.29) is 43.0 Å². The zero-order chi connectivity index (χ0) is 25.8. The third-order valence-electron chi connectivity index (χ3n) is 6.78. The Labute approximate surface area is 218 Å². The summed E-state index contributed by atoms with van der Waals surface area (Å²) in [6.45, 7) is 1.22. The Morgan fingerprint density at radius 3 is 2.78 bits per heavy atom. The first-order chi connectivity index (χ1) is 18.0. The van der Waals surface area contributed by atoms with Crippen molar-refractivity contribution in [1.82, 2.24) is 9.80 Å². The molecular formula is C28H28F2N2O4S. The van der Waals surface area contributed by atoms with Gasteiger partial charge in [-0.05, 0) is 66.6 Å². The Hall–Kier alpha value is -3.30. The lowest BCUT2D eigenvalue weighted by molar-refractivity contribution is -0.135. The van der Waals surface area contributed by atoms with E-state index in [1.54, 1.807) is 40.5 Å². The van der Waals surface area contributed by atoms with Gasteiger partial charge in [-0.15, -0.1) is 11.3 Å². The summed E-state index contributed by atoms with van der Waals surface area (Å²) in [5, 5.41) is 1.98. The highest BCUT2D eigenvalue weighted by atomic mass is 32.1. The zero-order valence-electron chi connectivity index (χ0n) is 20.3. The van der Waals surface area contributed by atoms with Crippen LogP contribution in [0.5, 0.6) is 5.75 Å². The molecule has 37 heavy (non-hydrogen) atoms. The van der Waals surface area contributed by atoms with Crippen molar-refractivity contribution in [2.24, 2.45) is 0 Å². The first-order valence-corrected chi connectivity index (χ1v) is 13.3. The molecule has 0 spiro atoms. The summed E-state index contributed by atoms with van der Waals surface area (Å²) in [6, 6.07) is 13.2. The SMILES string of the molecule is O=C(c1cccc(F)c1)N(CC(=O)N1CCc2sccc2[C@H]1COc1ccccc1F)C[C@@H]1CCCO1. The van der Waals surface area contributed by atoms with Gasteiger partial charge in [-0.3, -0.25) is 9.59 Å². The largest absolute Gasteiger partial charge is 0.488 e. The number of halogens is 2. The van der Waals surface area contributed by atoms with Crippen molar-refractivity contribution in [1.29, 1.82) is 0 Å². The molecule has 0 aliphatic carbocycles. The number of carbonyl (C=O) groups is 2. The number of carbonyl (C=O) groups excluding carboxylic acids is 2. The summed E-state index contributed by atoms with van der Waals surface area (Å²) in [5.74, 6) is -1.53. The first kappa shape index (κ1) is 25.4. The van der Waals surface area contributed by atoms with Crippen LogP contribution >= 0.6 is 11.3 Å². The van der Waals surface area contributed by atoms with E-state index in [1.807, 2.05) is 11.4 Å². The van der Waals surface area contributed by atoms with Crippen molar-refractivity contribution in [2.75, 3.05) is 32.8 Å². The van der Waals surface area contributed by atoms with Gasteiger partial charge in [0.2, 0.25) is 5.91 Å². The minimum Gasteiger partial charge on any atom is -0.488 e. The van der Waals surface area contributed by atoms with E-state index in [0.717, 1.165) is 18.4 Å². The van der Waals surface area contributed by atoms with Crippen LogP contribution < -0.4 is 4.74 Å². The van der Waals surface area contributed by atoms with Gasteiger partial charge in [-0.1, -0.05) is 18.2 Å². The smallest absolute Gasteiger partial charge is 0.254 e. The highest BCUT2D eigenvalue weighted by molar-refractivity contribution is 7.10. The zero-order valence-corrected chi connectivity index (χ0v) is 21.1. The Morgan fingerprint density at radius 1 is 1.14 bits per heavy atom. The second-order valence-electron chi connectivity index (χ2n) is 9.22. The number of ether oxygens (including phenoxy) is 2. The molecule has 2 atom stereocenters. The fourth-order valence-corrected chi connectivity index (χ4v) is 5.84. The molecule has 194 valence electrons. The average Bonchev–Trinajstić information content (AvgIpc) is 3.59. The molecule has 1 fully saturated rings. The van der Waals surface area contributed by atoms with Gasteiger partial charge in [0.05, 0.1) is 12.1 Å². The lowest BCUT2D eigenvalue weighted by Crippen LogP contribution is -2.49. The molecule has 3 aromatic rings. The summed E-state index contributed by atoms with van der Waals surface area (Å²) in [4.78, 5) is 31.4. The number of amides is 2. The van der Waals surface area contributed by atoms with Crippen LogP contribution in [0.2, 0.25) is 0 Å². The minimum atomic E-state index is -0.513. The molecule has 9 heteroatoms. The van der Waals surface area contributed by atoms with Crippen LogP contribution in [-0.2, 0) is 16.0 Å². The van der Waals surface area contributed by atoms with Crippen LogP contribution in [0.1, 0.15) is 39.7 Å². The van der Waals surface area contributed by atoms with Gasteiger partial charge >= 0.3 is 0 Å². The molecule has 1 saturated heterocycles. The maximum atomic E-state index is 14.2. The van der Waals surface area contributed by atoms with Gasteiger partial charge in [0.25, 0.3) is 5.91 Å². The number of para-hydroxylation sites is 1. The molecule has 0 bridgehead atoms. The van der Waals surface area contributed by atoms with Crippen molar-refractivity contribution in [2.45, 2.75) is 31.4 Å². The molecule has 2 aliphatic rings. The van der Waals surface area contributed by atoms with Crippen molar-refractivity contribution < 1.29 is 27.8 Å². The summed E-state index contributed by atoms with van der Waals surface area (Å²) in [7, 11) is 0. The van der Waals surface area contributed by atoms with Crippen molar-refractivity contribution in [3.8, 4) is 5.75 Å². The molecule has 0 radical (unpaired) electrons. The normalized spacial score (nSPS) is 18.9. The number of nitrogens with zero attached hydrogens (tertiary/aromatic N) is 2. The first-order valence-electron chi connectivity index (χ1n) is 12.4. The summed E-state index contributed by atoms with van der Waals surface area (Å²) >= 11 is 1.62. The number of fused-ring (bicyclic) bond motifs is 1. The highest BCUT2D eigenvalue weighted by Gasteiger charge is 2.34. The van der Waals surface area contributed by atoms with Gasteiger partial charge in [0.1, 0.15) is 19.0 Å². The van der Waals surface area contributed by atoms with Gasteiger partial charge in [0, 0.05) is 30.1 Å². The summed E-state index contributed by atoms with van der Waals surface area (Å²) < 4.78 is 39.6. The number of rotatable bonds is 8. The van der Waals surface area contributed by atoms with Crippen molar-refractivity contribution in [3.05, 3.63) is 87.6 Å². The lowest BCUT2D eigenvalue weighted by Gasteiger charge is -2.37. The van der Waals surface area contributed by atoms with Gasteiger partial charge in [-0.2, -0.15) is 0 Å². The Bertz CT molecular complexity index is 1260. The highest BCUT2D eigenvalue weighted by Crippen LogP contribution is 2.34. The summed E-state index contributed by atoms with van der Waals surface area (Å²) in [6.07, 6.45) is 2.21. The minimum absolute atomic E-state index is 0.0833. The van der Waals surface area contributed by atoms with Crippen molar-refractivity contribution >= 4 is 23.2 Å². The predicted octanol–water partition coefficient (Wildman–Crippen LogP) is 4.85. The Balaban J connectivity index is 1.36. The molecule has 2 aromatic carbocycles. The van der Waals surface area contributed by atoms with E-state index in [9.17, 15) is 18.4 Å². The monoisotopic (exact) mass is 526 g/mol. The van der Waals surface area contributed by atoms with E-state index in [2.05, 4.69) is 0 Å². The quantitative estimate of drug-likeness (QED) is 0.421. The van der Waals surface area contributed by atoms with Crippen LogP contribution in [0.3, 0.4) is 0 Å². The number of benzene rings is 2. The lowest BCUT2D eigenvalue weighted by atomic mass is 10.00. The van der Waals surface area contributed by atoms with E-state index in [1.165, 1.54) is 34.0 Å². The third kappa shape index (κ3) is 5.83. The van der Waals surface area contributed by atoms with E-state index < -0.39 is 23.6 Å². The maximum absolute atomic E-state index is 14.2. The topological polar surface area (TPSA) is 59.1 Å². The van der Waals surface area contributed by atoms with Gasteiger partial charge in [-0.25, -0.2) is 8.78 Å². The van der Waals surface area contributed by atoms with E-state index in [0.29, 0.717) is 19.6 Å². The fraction of sp³-hybridized carbons (Fsp3) is 0.357. The van der Waals surface area contributed by atoms with Gasteiger partial charge < -0.3 is 19.3 Å². The Morgan fingerprint density at radius 2 is 2.00 bits per heavy atom. The second kappa shape index (κ2) is 11.4. The number of hydrogen-bond donors (Lipinski definition) is 0. The van der Waals surface area contributed by atoms with Crippen LogP contribution in [0.4, 0.5) is 8.78 Å². The molecular weight excluding hydrogens is 498 g/mol. The number of thiophene rings is 1. The molecule has 1 aromatic heterocycles. The predicted molar refractivity (Wildman–Crippen MR) is 136 cm³/mol. The molecule has 5 rings (SSSR count). The molecule has 2 aliphatic heterocycles. The van der Waals surface area contributed by atoms with E-state index in [4.69, 9.17) is 9.47 Å². The van der Waals surface area contributed by atoms with Crippen LogP contribution in [0.25, 0.3) is 0 Å². The van der Waals surface area contributed by atoms with Crippen LogP contribution in [0.15, 0.2) is 60.0 Å². The van der Waals surface area contributed by atoms with Gasteiger partial charge in [0.15, 0.2) is 11.6 Å². The Kier molecular flexibility index (Phi) is 7.81. The molecule has 0 N–H and O–H groups in total. The molecule has 0 unspecified atom stereocenters. The second-order valence-corrected chi connectivity index (χ2v) is 10.2. The number of hydrogen-bond acceptors (Lipinski definition) is 5. The third-order valence-corrected chi connectivity index (χ3v) is 7.78. The fourth-order valence-electron chi connectivity index (χ4n) is 4.92. The molecule has 3 heterocycles. The molecule has 0 saturated carbocycles. The molecule has 6 nitrogen and oxygen atoms in total. The maximum Gasteiger partial charge on any atom is 0.254 e. The van der Waals surface area contributed by atoms with E-state index >= 15 is 0 Å². The van der Waals surface area contributed by atoms with Crippen LogP contribution in [0, 0.1) is 11.6 Å².